The molecule has 0 bridgehead atoms. The molecule has 188 valence electrons. The van der Waals surface area contributed by atoms with Crippen molar-refractivity contribution in [3.05, 3.63) is 95.0 Å². The molecule has 3 aromatic rings. The maximum atomic E-state index is 13.8. The fourth-order valence-electron chi connectivity index (χ4n) is 6.08. The van der Waals surface area contributed by atoms with Gasteiger partial charge in [0.25, 0.3) is 5.91 Å². The van der Waals surface area contributed by atoms with Crippen molar-refractivity contribution < 1.29 is 9.53 Å². The maximum Gasteiger partial charge on any atom is 0.258 e. The Kier molecular flexibility index (Phi) is 7.93. The van der Waals surface area contributed by atoms with Crippen molar-refractivity contribution >= 4 is 23.2 Å². The van der Waals surface area contributed by atoms with Crippen molar-refractivity contribution in [2.24, 2.45) is 0 Å². The molecule has 1 saturated heterocycles. The first kappa shape index (κ1) is 24.9. The molecule has 2 fully saturated rings. The zero-order valence-corrected chi connectivity index (χ0v) is 21.7. The number of ether oxygens (including phenoxy) is 1. The molecule has 1 aliphatic heterocycles. The number of amides is 1. The van der Waals surface area contributed by atoms with Gasteiger partial charge in [-0.3, -0.25) is 9.69 Å². The van der Waals surface area contributed by atoms with E-state index in [-0.39, 0.29) is 11.9 Å². The lowest BCUT2D eigenvalue weighted by Crippen LogP contribution is -2.51. The molecule has 1 aliphatic carbocycles. The minimum absolute atomic E-state index is 0.0233. The van der Waals surface area contributed by atoms with Crippen LogP contribution in [0.2, 0.25) is 5.02 Å². The lowest BCUT2D eigenvalue weighted by Gasteiger charge is -2.45. The van der Waals surface area contributed by atoms with Crippen LogP contribution < -0.4 is 9.64 Å². The van der Waals surface area contributed by atoms with E-state index in [0.29, 0.717) is 22.5 Å². The molecule has 0 spiro atoms. The average Bonchev–Trinajstić information content (AvgIpc) is 2.95. The molecule has 1 heterocycles. The molecule has 3 aromatic carbocycles. The van der Waals surface area contributed by atoms with Gasteiger partial charge in [0, 0.05) is 41.4 Å². The molecule has 0 aromatic heterocycles. The smallest absolute Gasteiger partial charge is 0.258 e. The summed E-state index contributed by atoms with van der Waals surface area (Å²) in [6.07, 6.45) is 7.07. The van der Waals surface area contributed by atoms with Crippen LogP contribution in [0.25, 0.3) is 0 Å². The first-order chi connectivity index (χ1) is 17.6. The number of benzene rings is 3. The SMILES string of the molecule is COc1ccc(N(C(=O)c2ccc(Cl)cc2)C2CCN([C@@H]3CCCC[C@@H]3c3ccccc3)CC2)cc1. The van der Waals surface area contributed by atoms with Crippen LogP contribution in [-0.2, 0) is 0 Å². The molecule has 0 radical (unpaired) electrons. The van der Waals surface area contributed by atoms with E-state index in [1.54, 1.807) is 19.2 Å². The number of anilines is 1. The molecule has 1 saturated carbocycles. The minimum atomic E-state index is 0.0233. The van der Waals surface area contributed by atoms with E-state index in [9.17, 15) is 4.79 Å². The highest BCUT2D eigenvalue weighted by atomic mass is 35.5. The average molecular weight is 503 g/mol. The van der Waals surface area contributed by atoms with Gasteiger partial charge >= 0.3 is 0 Å². The number of likely N-dealkylation sites (tertiary alicyclic amines) is 1. The highest BCUT2D eigenvalue weighted by Gasteiger charge is 2.36. The summed E-state index contributed by atoms with van der Waals surface area (Å²) >= 11 is 6.10. The van der Waals surface area contributed by atoms with E-state index < -0.39 is 0 Å². The van der Waals surface area contributed by atoms with Gasteiger partial charge in [-0.25, -0.2) is 0 Å². The number of piperidine rings is 1. The number of carbonyl (C=O) groups is 1. The zero-order valence-electron chi connectivity index (χ0n) is 21.0. The second-order valence-electron chi connectivity index (χ2n) is 10.0. The van der Waals surface area contributed by atoms with E-state index in [1.807, 2.05) is 41.3 Å². The number of hydrogen-bond donors (Lipinski definition) is 0. The fourth-order valence-corrected chi connectivity index (χ4v) is 6.21. The lowest BCUT2D eigenvalue weighted by atomic mass is 9.78. The molecule has 0 unspecified atom stereocenters. The van der Waals surface area contributed by atoms with Crippen LogP contribution in [0.1, 0.15) is 60.4 Å². The Bertz CT molecular complexity index is 1130. The normalized spacial score (nSPS) is 21.2. The Morgan fingerprint density at radius 3 is 2.19 bits per heavy atom. The Morgan fingerprint density at radius 1 is 0.861 bits per heavy atom. The van der Waals surface area contributed by atoms with E-state index in [0.717, 1.165) is 37.4 Å². The predicted molar refractivity (Wildman–Crippen MR) is 147 cm³/mol. The summed E-state index contributed by atoms with van der Waals surface area (Å²) < 4.78 is 5.36. The number of rotatable bonds is 6. The summed E-state index contributed by atoms with van der Waals surface area (Å²) in [4.78, 5) is 18.5. The van der Waals surface area contributed by atoms with Crippen molar-refractivity contribution in [1.82, 2.24) is 4.90 Å². The number of methoxy groups -OCH3 is 1. The fraction of sp³-hybridized carbons (Fsp3) is 0.387. The highest BCUT2D eigenvalue weighted by Crippen LogP contribution is 2.38. The predicted octanol–water partition coefficient (Wildman–Crippen LogP) is 7.19. The summed E-state index contributed by atoms with van der Waals surface area (Å²) in [5.41, 5.74) is 3.05. The molecule has 36 heavy (non-hydrogen) atoms. The van der Waals surface area contributed by atoms with Crippen molar-refractivity contribution in [1.29, 1.82) is 0 Å². The summed E-state index contributed by atoms with van der Waals surface area (Å²) in [7, 11) is 1.66. The largest absolute Gasteiger partial charge is 0.497 e. The quantitative estimate of drug-likeness (QED) is 0.357. The number of halogens is 1. The molecule has 4 nitrogen and oxygen atoms in total. The van der Waals surface area contributed by atoms with Gasteiger partial charge in [-0.05, 0) is 85.7 Å². The Labute approximate surface area is 219 Å². The van der Waals surface area contributed by atoms with Crippen LogP contribution >= 0.6 is 11.6 Å². The molecule has 2 aliphatic rings. The van der Waals surface area contributed by atoms with Gasteiger partial charge < -0.3 is 9.64 Å². The van der Waals surface area contributed by atoms with Crippen LogP contribution in [0.3, 0.4) is 0 Å². The van der Waals surface area contributed by atoms with Gasteiger partial charge in [-0.2, -0.15) is 0 Å². The lowest BCUT2D eigenvalue weighted by molar-refractivity contribution is 0.0895. The third kappa shape index (κ3) is 5.45. The first-order valence-corrected chi connectivity index (χ1v) is 13.5. The highest BCUT2D eigenvalue weighted by molar-refractivity contribution is 6.30. The molecule has 5 heteroatoms. The zero-order chi connectivity index (χ0) is 24.9. The number of carbonyl (C=O) groups excluding carboxylic acids is 1. The van der Waals surface area contributed by atoms with Crippen molar-refractivity contribution in [2.45, 2.75) is 56.5 Å². The maximum absolute atomic E-state index is 13.8. The third-order valence-corrected chi connectivity index (χ3v) is 8.20. The topological polar surface area (TPSA) is 32.8 Å². The van der Waals surface area contributed by atoms with Gasteiger partial charge in [0.2, 0.25) is 0 Å². The van der Waals surface area contributed by atoms with Crippen LogP contribution in [0.5, 0.6) is 5.75 Å². The standard InChI is InChI=1S/C31H35ClN2O2/c1-36-28-17-15-26(16-18-28)34(31(35)24-11-13-25(32)14-12-24)27-19-21-33(22-20-27)30-10-6-5-9-29(30)23-7-3-2-4-8-23/h2-4,7-8,11-18,27,29-30H,5-6,9-10,19-22H2,1H3/t29-,30-/m1/s1. The Morgan fingerprint density at radius 2 is 1.53 bits per heavy atom. The molecule has 2 atom stereocenters. The summed E-state index contributed by atoms with van der Waals surface area (Å²) in [5, 5.41) is 0.635. The van der Waals surface area contributed by atoms with Crippen LogP contribution in [0, 0.1) is 0 Å². The van der Waals surface area contributed by atoms with E-state index in [4.69, 9.17) is 16.3 Å². The minimum Gasteiger partial charge on any atom is -0.497 e. The first-order valence-electron chi connectivity index (χ1n) is 13.2. The van der Waals surface area contributed by atoms with Crippen molar-refractivity contribution in [3.8, 4) is 5.75 Å². The summed E-state index contributed by atoms with van der Waals surface area (Å²) in [6, 6.07) is 26.8. The third-order valence-electron chi connectivity index (χ3n) is 7.95. The Balaban J connectivity index is 1.35. The summed E-state index contributed by atoms with van der Waals surface area (Å²) in [6.45, 7) is 2.03. The van der Waals surface area contributed by atoms with Gasteiger partial charge in [0.1, 0.15) is 5.75 Å². The van der Waals surface area contributed by atoms with Crippen molar-refractivity contribution in [2.75, 3.05) is 25.1 Å². The summed E-state index contributed by atoms with van der Waals surface area (Å²) in [5.74, 6) is 1.41. The second kappa shape index (κ2) is 11.5. The second-order valence-corrected chi connectivity index (χ2v) is 10.5. The molecular formula is C31H35ClN2O2. The van der Waals surface area contributed by atoms with E-state index in [2.05, 4.69) is 35.2 Å². The van der Waals surface area contributed by atoms with Crippen LogP contribution in [0.4, 0.5) is 5.69 Å². The number of nitrogens with zero attached hydrogens (tertiary/aromatic N) is 2. The Hall–Kier alpha value is -2.82. The molecule has 1 amide bonds. The van der Waals surface area contributed by atoms with Gasteiger partial charge in [0.05, 0.1) is 7.11 Å². The van der Waals surface area contributed by atoms with E-state index in [1.165, 1.54) is 31.2 Å². The number of hydrogen-bond acceptors (Lipinski definition) is 3. The van der Waals surface area contributed by atoms with Gasteiger partial charge in [0.15, 0.2) is 0 Å². The van der Waals surface area contributed by atoms with Crippen LogP contribution in [0.15, 0.2) is 78.9 Å². The molecule has 0 N–H and O–H groups in total. The molecular weight excluding hydrogens is 468 g/mol. The van der Waals surface area contributed by atoms with E-state index >= 15 is 0 Å². The molecule has 5 rings (SSSR count). The van der Waals surface area contributed by atoms with Gasteiger partial charge in [-0.1, -0.05) is 54.8 Å². The van der Waals surface area contributed by atoms with Crippen molar-refractivity contribution in [3.63, 3.8) is 0 Å². The van der Waals surface area contributed by atoms with Gasteiger partial charge in [-0.15, -0.1) is 0 Å². The monoisotopic (exact) mass is 502 g/mol. The van der Waals surface area contributed by atoms with Crippen LogP contribution in [-0.4, -0.2) is 43.1 Å².